The molecule has 31 heavy (non-hydrogen) atoms. The highest BCUT2D eigenvalue weighted by Gasteiger charge is 2.59. The van der Waals surface area contributed by atoms with Gasteiger partial charge >= 0.3 is 0 Å². The molecule has 3 aromatic rings. The lowest BCUT2D eigenvalue weighted by Gasteiger charge is -2.34. The molecule has 2 amide bonds. The highest BCUT2D eigenvalue weighted by molar-refractivity contribution is 6.08. The number of hydrogen-bond donors (Lipinski definition) is 1. The van der Waals surface area contributed by atoms with Crippen molar-refractivity contribution < 1.29 is 14.3 Å². The van der Waals surface area contributed by atoms with Gasteiger partial charge < -0.3 is 15.0 Å². The van der Waals surface area contributed by atoms with E-state index >= 15 is 0 Å². The molecule has 1 fully saturated rings. The average molecular weight is 413 g/mol. The van der Waals surface area contributed by atoms with Crippen LogP contribution in [0.2, 0.25) is 0 Å². The summed E-state index contributed by atoms with van der Waals surface area (Å²) in [6, 6.07) is 16.6. The van der Waals surface area contributed by atoms with Gasteiger partial charge in [-0.3, -0.25) is 14.6 Å². The van der Waals surface area contributed by atoms with Gasteiger partial charge in [0.1, 0.15) is 11.2 Å². The first kappa shape index (κ1) is 19.3. The number of nitrogens with zero attached hydrogens (tertiary/aromatic N) is 2. The molecule has 1 aromatic heterocycles. The van der Waals surface area contributed by atoms with Crippen LogP contribution >= 0.6 is 0 Å². The molecule has 2 aliphatic heterocycles. The number of carbonyl (C=O) groups excluding carboxylic acids is 2. The maximum absolute atomic E-state index is 13.9. The number of anilines is 1. The molecule has 1 saturated heterocycles. The number of methoxy groups -OCH3 is 1. The minimum atomic E-state index is -0.856. The molecular formula is C25H23N3O3. The summed E-state index contributed by atoms with van der Waals surface area (Å²) in [6.45, 7) is 2.36. The number of likely N-dealkylation sites (tertiary alicyclic amines) is 1. The number of aromatic nitrogens is 1. The zero-order valence-corrected chi connectivity index (χ0v) is 17.5. The number of aryl methyl sites for hydroxylation is 1. The SMILES string of the molecule is COc1cccc(C)c1C(=O)N1CCC2(C(=O)Nc3ccccc32)C1c1cccnc1. The largest absolute Gasteiger partial charge is 0.496 e. The number of benzene rings is 2. The van der Waals surface area contributed by atoms with E-state index in [2.05, 4.69) is 10.3 Å². The Morgan fingerprint density at radius 2 is 2.00 bits per heavy atom. The summed E-state index contributed by atoms with van der Waals surface area (Å²) in [7, 11) is 1.57. The fraction of sp³-hybridized carbons (Fsp3) is 0.240. The quantitative estimate of drug-likeness (QED) is 0.708. The number of pyridine rings is 1. The second-order valence-corrected chi connectivity index (χ2v) is 8.06. The van der Waals surface area contributed by atoms with Crippen LogP contribution in [0.1, 0.15) is 39.5 Å². The van der Waals surface area contributed by atoms with Crippen molar-refractivity contribution in [2.75, 3.05) is 19.0 Å². The molecule has 3 heterocycles. The van der Waals surface area contributed by atoms with Crippen LogP contribution in [0.15, 0.2) is 67.0 Å². The van der Waals surface area contributed by atoms with Crippen molar-refractivity contribution in [3.8, 4) is 5.75 Å². The average Bonchev–Trinajstić information content (AvgIpc) is 3.33. The van der Waals surface area contributed by atoms with Crippen molar-refractivity contribution in [3.05, 3.63) is 89.2 Å². The molecule has 6 nitrogen and oxygen atoms in total. The normalized spacial score (nSPS) is 21.8. The van der Waals surface area contributed by atoms with E-state index in [0.717, 1.165) is 22.4 Å². The van der Waals surface area contributed by atoms with Crippen LogP contribution < -0.4 is 10.1 Å². The topological polar surface area (TPSA) is 71.5 Å². The van der Waals surface area contributed by atoms with Gasteiger partial charge in [0, 0.05) is 24.6 Å². The number of nitrogens with one attached hydrogen (secondary N) is 1. The Labute approximate surface area is 180 Å². The van der Waals surface area contributed by atoms with Crippen molar-refractivity contribution in [2.45, 2.75) is 24.8 Å². The number of fused-ring (bicyclic) bond motifs is 2. The molecule has 0 aliphatic carbocycles. The summed E-state index contributed by atoms with van der Waals surface area (Å²) in [5, 5.41) is 3.04. The third-order valence-electron chi connectivity index (χ3n) is 6.52. The van der Waals surface area contributed by atoms with Crippen LogP contribution in [0.3, 0.4) is 0 Å². The van der Waals surface area contributed by atoms with E-state index in [1.54, 1.807) is 25.6 Å². The number of rotatable bonds is 3. The lowest BCUT2D eigenvalue weighted by atomic mass is 9.73. The Bertz CT molecular complexity index is 1180. The van der Waals surface area contributed by atoms with Gasteiger partial charge in [-0.25, -0.2) is 0 Å². The minimum absolute atomic E-state index is 0.0744. The van der Waals surface area contributed by atoms with E-state index in [1.807, 2.05) is 60.4 Å². The van der Waals surface area contributed by atoms with Gasteiger partial charge in [0.25, 0.3) is 5.91 Å². The summed E-state index contributed by atoms with van der Waals surface area (Å²) < 4.78 is 5.50. The molecule has 6 heteroatoms. The summed E-state index contributed by atoms with van der Waals surface area (Å²) >= 11 is 0. The standard InChI is InChI=1S/C25H23N3O3/c1-16-7-5-11-20(31-2)21(16)23(29)28-14-12-25(22(28)17-8-6-13-26-15-17)18-9-3-4-10-19(18)27-24(25)30/h3-11,13,15,22H,12,14H2,1-2H3,(H,27,30). The highest BCUT2D eigenvalue weighted by atomic mass is 16.5. The molecule has 2 unspecified atom stereocenters. The van der Waals surface area contributed by atoms with Crippen LogP contribution in [-0.2, 0) is 10.2 Å². The Balaban J connectivity index is 1.69. The Kier molecular flexibility index (Phi) is 4.50. The van der Waals surface area contributed by atoms with Crippen molar-refractivity contribution >= 4 is 17.5 Å². The van der Waals surface area contributed by atoms with Crippen LogP contribution in [0.4, 0.5) is 5.69 Å². The third-order valence-corrected chi connectivity index (χ3v) is 6.52. The van der Waals surface area contributed by atoms with Gasteiger partial charge in [0.15, 0.2) is 0 Å². The van der Waals surface area contributed by atoms with Crippen molar-refractivity contribution in [1.82, 2.24) is 9.88 Å². The smallest absolute Gasteiger partial charge is 0.258 e. The van der Waals surface area contributed by atoms with E-state index in [9.17, 15) is 9.59 Å². The summed E-state index contributed by atoms with van der Waals surface area (Å²) in [5.74, 6) is 0.319. The molecule has 5 rings (SSSR count). The Hall–Kier alpha value is -3.67. The maximum atomic E-state index is 13.9. The van der Waals surface area contributed by atoms with Crippen molar-refractivity contribution in [3.63, 3.8) is 0 Å². The minimum Gasteiger partial charge on any atom is -0.496 e. The van der Waals surface area contributed by atoms with E-state index < -0.39 is 11.5 Å². The fourth-order valence-corrected chi connectivity index (χ4v) is 5.14. The fourth-order valence-electron chi connectivity index (χ4n) is 5.14. The second-order valence-electron chi connectivity index (χ2n) is 8.06. The summed E-state index contributed by atoms with van der Waals surface area (Å²) in [6.07, 6.45) is 3.99. The van der Waals surface area contributed by atoms with E-state index in [-0.39, 0.29) is 11.8 Å². The van der Waals surface area contributed by atoms with Gasteiger partial charge in [-0.2, -0.15) is 0 Å². The molecule has 156 valence electrons. The number of amides is 2. The number of hydrogen-bond acceptors (Lipinski definition) is 4. The van der Waals surface area contributed by atoms with Crippen LogP contribution in [0.5, 0.6) is 5.75 Å². The van der Waals surface area contributed by atoms with E-state index in [4.69, 9.17) is 4.74 Å². The molecule has 1 spiro atoms. The van der Waals surface area contributed by atoms with Crippen molar-refractivity contribution in [1.29, 1.82) is 0 Å². The summed E-state index contributed by atoms with van der Waals surface area (Å²) in [5.41, 5.74) is 3.09. The van der Waals surface area contributed by atoms with E-state index in [0.29, 0.717) is 24.3 Å². The first-order chi connectivity index (χ1) is 15.1. The molecule has 0 radical (unpaired) electrons. The Morgan fingerprint density at radius 3 is 2.77 bits per heavy atom. The highest BCUT2D eigenvalue weighted by Crippen LogP contribution is 2.55. The zero-order valence-electron chi connectivity index (χ0n) is 17.5. The lowest BCUT2D eigenvalue weighted by molar-refractivity contribution is -0.121. The van der Waals surface area contributed by atoms with Gasteiger partial charge in [-0.15, -0.1) is 0 Å². The zero-order chi connectivity index (χ0) is 21.6. The number of ether oxygens (including phenoxy) is 1. The Morgan fingerprint density at radius 1 is 1.16 bits per heavy atom. The molecule has 2 aromatic carbocycles. The molecule has 2 aliphatic rings. The molecular weight excluding hydrogens is 390 g/mol. The van der Waals surface area contributed by atoms with Gasteiger partial charge in [0.05, 0.1) is 18.7 Å². The monoisotopic (exact) mass is 413 g/mol. The molecule has 0 saturated carbocycles. The van der Waals surface area contributed by atoms with Gasteiger partial charge in [-0.05, 0) is 48.2 Å². The third kappa shape index (κ3) is 2.75. The lowest BCUT2D eigenvalue weighted by Crippen LogP contribution is -2.42. The first-order valence-corrected chi connectivity index (χ1v) is 10.3. The second kappa shape index (κ2) is 7.23. The maximum Gasteiger partial charge on any atom is 0.258 e. The predicted molar refractivity (Wildman–Crippen MR) is 117 cm³/mol. The number of para-hydroxylation sites is 1. The summed E-state index contributed by atoms with van der Waals surface area (Å²) in [4.78, 5) is 33.4. The molecule has 1 N–H and O–H groups in total. The van der Waals surface area contributed by atoms with Gasteiger partial charge in [0.2, 0.25) is 5.91 Å². The predicted octanol–water partition coefficient (Wildman–Crippen LogP) is 3.88. The van der Waals surface area contributed by atoms with Crippen LogP contribution in [-0.4, -0.2) is 35.4 Å². The van der Waals surface area contributed by atoms with Gasteiger partial charge in [-0.1, -0.05) is 36.4 Å². The van der Waals surface area contributed by atoms with Crippen LogP contribution in [0, 0.1) is 6.92 Å². The molecule has 0 bridgehead atoms. The number of carbonyl (C=O) groups is 2. The first-order valence-electron chi connectivity index (χ1n) is 10.3. The van der Waals surface area contributed by atoms with Crippen LogP contribution in [0.25, 0.3) is 0 Å². The molecule has 2 atom stereocenters. The van der Waals surface area contributed by atoms with Crippen molar-refractivity contribution in [2.24, 2.45) is 0 Å². The van der Waals surface area contributed by atoms with E-state index in [1.165, 1.54) is 0 Å².